The van der Waals surface area contributed by atoms with Gasteiger partial charge in [0.1, 0.15) is 29.1 Å². The standard InChI is InChI=1S/C25H21F5N4O2/c1-12-16-4-3-13(24(35)32-10-17-19(27)6-14(26)7-20(17)28)5-23(16)34(25(36)33(12)2)11-18-21(29)8-15(31)9-22(18)30/h3-9,12H,10-11,31H2,1-2H3,(H,32,35). The minimum atomic E-state index is -1.15. The number of anilines is 2. The molecule has 0 bridgehead atoms. The molecule has 0 saturated heterocycles. The highest BCUT2D eigenvalue weighted by Crippen LogP contribution is 2.37. The van der Waals surface area contributed by atoms with Crippen molar-refractivity contribution >= 4 is 23.3 Å². The molecule has 1 aliphatic rings. The molecule has 0 radical (unpaired) electrons. The Hall–Kier alpha value is -4.15. The first-order chi connectivity index (χ1) is 17.0. The summed E-state index contributed by atoms with van der Waals surface area (Å²) in [5, 5.41) is 2.35. The number of nitrogens with two attached hydrogens (primary N) is 1. The van der Waals surface area contributed by atoms with Crippen molar-refractivity contribution in [2.75, 3.05) is 17.7 Å². The summed E-state index contributed by atoms with van der Waals surface area (Å²) in [6.07, 6.45) is 0. The quantitative estimate of drug-likeness (QED) is 0.378. The number of nitrogens with one attached hydrogen (secondary N) is 1. The fourth-order valence-electron chi connectivity index (χ4n) is 4.04. The van der Waals surface area contributed by atoms with Crippen LogP contribution in [0, 0.1) is 29.1 Å². The molecule has 0 aliphatic carbocycles. The Morgan fingerprint density at radius 3 is 2.14 bits per heavy atom. The fraction of sp³-hybridized carbons (Fsp3) is 0.200. The number of carbonyl (C=O) groups excluding carboxylic acids is 2. The molecular weight excluding hydrogens is 483 g/mol. The summed E-state index contributed by atoms with van der Waals surface area (Å²) in [5.41, 5.74) is 5.34. The monoisotopic (exact) mass is 504 g/mol. The van der Waals surface area contributed by atoms with E-state index in [1.165, 1.54) is 24.1 Å². The molecule has 3 aromatic carbocycles. The Labute approximate surface area is 203 Å². The number of fused-ring (bicyclic) bond motifs is 1. The minimum absolute atomic E-state index is 0.0319. The van der Waals surface area contributed by atoms with Crippen LogP contribution in [0.25, 0.3) is 0 Å². The van der Waals surface area contributed by atoms with Crippen LogP contribution in [0.5, 0.6) is 0 Å². The number of benzene rings is 3. The smallest absolute Gasteiger partial charge is 0.325 e. The van der Waals surface area contributed by atoms with Gasteiger partial charge in [-0.05, 0) is 36.8 Å². The van der Waals surface area contributed by atoms with E-state index in [0.29, 0.717) is 17.7 Å². The van der Waals surface area contributed by atoms with Crippen molar-refractivity contribution in [3.05, 3.63) is 93.8 Å². The van der Waals surface area contributed by atoms with E-state index >= 15 is 0 Å². The predicted octanol–water partition coefficient (Wildman–Crippen LogP) is 5.03. The third kappa shape index (κ3) is 4.56. The number of rotatable bonds is 5. The van der Waals surface area contributed by atoms with Crippen LogP contribution >= 0.6 is 0 Å². The zero-order chi connectivity index (χ0) is 26.3. The van der Waals surface area contributed by atoms with Crippen LogP contribution in [-0.2, 0) is 13.1 Å². The lowest BCUT2D eigenvalue weighted by atomic mass is 9.98. The van der Waals surface area contributed by atoms with E-state index in [2.05, 4.69) is 5.32 Å². The van der Waals surface area contributed by atoms with E-state index in [9.17, 15) is 31.5 Å². The summed E-state index contributed by atoms with van der Waals surface area (Å²) in [6.45, 7) is 0.716. The second kappa shape index (κ2) is 9.48. The fourth-order valence-corrected chi connectivity index (χ4v) is 4.04. The maximum absolute atomic E-state index is 14.5. The van der Waals surface area contributed by atoms with Crippen molar-refractivity contribution in [2.24, 2.45) is 0 Å². The summed E-state index contributed by atoms with van der Waals surface area (Å²) in [5.74, 6) is -5.99. The van der Waals surface area contributed by atoms with Gasteiger partial charge >= 0.3 is 6.03 Å². The van der Waals surface area contributed by atoms with Gasteiger partial charge in [0.2, 0.25) is 0 Å². The number of nitrogens with zero attached hydrogens (tertiary/aromatic N) is 2. The average molecular weight is 504 g/mol. The normalized spacial score (nSPS) is 15.2. The van der Waals surface area contributed by atoms with Crippen molar-refractivity contribution < 1.29 is 31.5 Å². The van der Waals surface area contributed by atoms with Gasteiger partial charge in [0.05, 0.1) is 18.3 Å². The van der Waals surface area contributed by atoms with Gasteiger partial charge in [0.25, 0.3) is 5.91 Å². The molecule has 4 rings (SSSR count). The molecule has 3 aromatic rings. The van der Waals surface area contributed by atoms with Crippen molar-refractivity contribution in [3.63, 3.8) is 0 Å². The van der Waals surface area contributed by atoms with Crippen LogP contribution in [0.1, 0.15) is 40.0 Å². The number of urea groups is 1. The number of halogens is 5. The molecule has 0 aromatic heterocycles. The maximum Gasteiger partial charge on any atom is 0.325 e. The zero-order valence-electron chi connectivity index (χ0n) is 19.2. The van der Waals surface area contributed by atoms with Gasteiger partial charge in [-0.25, -0.2) is 26.7 Å². The van der Waals surface area contributed by atoms with Crippen LogP contribution in [-0.4, -0.2) is 23.9 Å². The molecule has 188 valence electrons. The van der Waals surface area contributed by atoms with Crippen LogP contribution in [0.3, 0.4) is 0 Å². The van der Waals surface area contributed by atoms with Crippen molar-refractivity contribution in [1.29, 1.82) is 0 Å². The largest absolute Gasteiger partial charge is 0.399 e. The van der Waals surface area contributed by atoms with E-state index in [-0.39, 0.29) is 22.5 Å². The van der Waals surface area contributed by atoms with Gasteiger partial charge in [0.15, 0.2) is 0 Å². The zero-order valence-corrected chi connectivity index (χ0v) is 19.2. The van der Waals surface area contributed by atoms with Crippen LogP contribution in [0.2, 0.25) is 0 Å². The van der Waals surface area contributed by atoms with Crippen LogP contribution in [0.4, 0.5) is 38.1 Å². The average Bonchev–Trinajstić information content (AvgIpc) is 2.80. The summed E-state index contributed by atoms with van der Waals surface area (Å²) in [7, 11) is 1.53. The summed E-state index contributed by atoms with van der Waals surface area (Å²) in [6, 6.07) is 6.31. The van der Waals surface area contributed by atoms with E-state index in [1.54, 1.807) is 13.0 Å². The number of carbonyl (C=O) groups is 2. The molecular formula is C25H21F5N4O2. The number of hydrogen-bond donors (Lipinski definition) is 2. The van der Waals surface area contributed by atoms with Gasteiger partial charge in [-0.15, -0.1) is 0 Å². The van der Waals surface area contributed by atoms with E-state index < -0.39 is 65.7 Å². The SMILES string of the molecule is CC1c2ccc(C(=O)NCc3c(F)cc(F)cc3F)cc2N(Cc2c(F)cc(N)cc2F)C(=O)N1C. The Bertz CT molecular complexity index is 1330. The first kappa shape index (κ1) is 25.0. The highest BCUT2D eigenvalue weighted by atomic mass is 19.2. The van der Waals surface area contributed by atoms with Gasteiger partial charge in [-0.3, -0.25) is 9.69 Å². The van der Waals surface area contributed by atoms with E-state index in [4.69, 9.17) is 5.73 Å². The molecule has 1 aliphatic heterocycles. The summed E-state index contributed by atoms with van der Waals surface area (Å²) in [4.78, 5) is 28.3. The van der Waals surface area contributed by atoms with Gasteiger partial charge in [-0.2, -0.15) is 0 Å². The summed E-state index contributed by atoms with van der Waals surface area (Å²) >= 11 is 0. The molecule has 0 saturated carbocycles. The molecule has 36 heavy (non-hydrogen) atoms. The molecule has 1 heterocycles. The molecule has 0 spiro atoms. The lowest BCUT2D eigenvalue weighted by molar-refractivity contribution is 0.0950. The number of amides is 3. The molecule has 11 heteroatoms. The van der Waals surface area contributed by atoms with Crippen molar-refractivity contribution in [1.82, 2.24) is 10.2 Å². The van der Waals surface area contributed by atoms with Gasteiger partial charge < -0.3 is 16.0 Å². The first-order valence-electron chi connectivity index (χ1n) is 10.8. The molecule has 3 amide bonds. The van der Waals surface area contributed by atoms with Crippen LogP contribution < -0.4 is 16.0 Å². The molecule has 1 atom stereocenters. The maximum atomic E-state index is 14.5. The Morgan fingerprint density at radius 1 is 0.944 bits per heavy atom. The number of hydrogen-bond acceptors (Lipinski definition) is 3. The highest BCUT2D eigenvalue weighted by Gasteiger charge is 2.34. The second-order valence-electron chi connectivity index (χ2n) is 8.42. The lowest BCUT2D eigenvalue weighted by Crippen LogP contribution is -2.47. The first-order valence-corrected chi connectivity index (χ1v) is 10.8. The summed E-state index contributed by atoms with van der Waals surface area (Å²) < 4.78 is 69.9. The lowest BCUT2D eigenvalue weighted by Gasteiger charge is -2.39. The topological polar surface area (TPSA) is 78.7 Å². The molecule has 0 fully saturated rings. The van der Waals surface area contributed by atoms with Gasteiger partial charge in [0, 0.05) is 48.1 Å². The van der Waals surface area contributed by atoms with E-state index in [1.807, 2.05) is 0 Å². The third-order valence-electron chi connectivity index (χ3n) is 6.16. The highest BCUT2D eigenvalue weighted by molar-refractivity contribution is 5.99. The van der Waals surface area contributed by atoms with Crippen LogP contribution in [0.15, 0.2) is 42.5 Å². The van der Waals surface area contributed by atoms with Crippen molar-refractivity contribution in [2.45, 2.75) is 26.1 Å². The van der Waals surface area contributed by atoms with Crippen molar-refractivity contribution in [3.8, 4) is 0 Å². The minimum Gasteiger partial charge on any atom is -0.399 e. The Balaban J connectivity index is 1.66. The van der Waals surface area contributed by atoms with Gasteiger partial charge in [-0.1, -0.05) is 6.07 Å². The Morgan fingerprint density at radius 2 is 1.53 bits per heavy atom. The Kier molecular flexibility index (Phi) is 6.57. The molecule has 3 N–H and O–H groups in total. The predicted molar refractivity (Wildman–Crippen MR) is 122 cm³/mol. The third-order valence-corrected chi connectivity index (χ3v) is 6.16. The van der Waals surface area contributed by atoms with E-state index in [0.717, 1.165) is 17.0 Å². The molecule has 1 unspecified atom stereocenters. The number of nitrogen functional groups attached to an aromatic ring is 1. The second-order valence-corrected chi connectivity index (χ2v) is 8.42. The molecule has 6 nitrogen and oxygen atoms in total.